The van der Waals surface area contributed by atoms with Crippen molar-refractivity contribution >= 4 is 5.91 Å². The highest BCUT2D eigenvalue weighted by Crippen LogP contribution is 2.18. The Morgan fingerprint density at radius 2 is 1.86 bits per heavy atom. The van der Waals surface area contributed by atoms with E-state index < -0.39 is 0 Å². The molecule has 0 bridgehead atoms. The van der Waals surface area contributed by atoms with Crippen molar-refractivity contribution in [3.05, 3.63) is 35.9 Å². The Kier molecular flexibility index (Phi) is 8.06. The lowest BCUT2D eigenvalue weighted by Crippen LogP contribution is -2.39. The van der Waals surface area contributed by atoms with Crippen molar-refractivity contribution in [3.8, 4) is 0 Å². The highest BCUT2D eigenvalue weighted by atomic mass is 16.2. The number of rotatable bonds is 9. The van der Waals surface area contributed by atoms with E-state index in [1.165, 1.54) is 19.3 Å². The molecule has 0 aromatic heterocycles. The van der Waals surface area contributed by atoms with Crippen LogP contribution in [0.1, 0.15) is 51.1 Å². The number of carbonyl (C=O) groups excluding carboxylic acids is 1. The summed E-state index contributed by atoms with van der Waals surface area (Å²) in [5.74, 6) is 0.689. The third-order valence-electron chi connectivity index (χ3n) is 3.99. The maximum Gasteiger partial charge on any atom is 0.241 e. The SMILES string of the molecule is CCCC[C@@H](CC)CNC(=O)[C@H](c1ccccc1)N(C)C. The zero-order valence-corrected chi connectivity index (χ0v) is 13.9. The van der Waals surface area contributed by atoms with Gasteiger partial charge in [-0.15, -0.1) is 0 Å². The molecule has 0 spiro atoms. The molecule has 1 amide bonds. The second-order valence-electron chi connectivity index (χ2n) is 5.94. The molecule has 2 atom stereocenters. The fourth-order valence-corrected chi connectivity index (χ4v) is 2.60. The Labute approximate surface area is 129 Å². The zero-order chi connectivity index (χ0) is 15.7. The first kappa shape index (κ1) is 17.7. The van der Waals surface area contributed by atoms with Crippen molar-refractivity contribution in [2.45, 2.75) is 45.6 Å². The van der Waals surface area contributed by atoms with Crippen LogP contribution >= 0.6 is 0 Å². The number of hydrogen-bond donors (Lipinski definition) is 1. The smallest absolute Gasteiger partial charge is 0.241 e. The van der Waals surface area contributed by atoms with Crippen molar-refractivity contribution < 1.29 is 4.79 Å². The molecule has 0 aliphatic heterocycles. The quantitative estimate of drug-likeness (QED) is 0.753. The monoisotopic (exact) mass is 290 g/mol. The van der Waals surface area contributed by atoms with Gasteiger partial charge in [-0.1, -0.05) is 63.4 Å². The average molecular weight is 290 g/mol. The molecule has 1 rings (SSSR count). The molecule has 1 aromatic carbocycles. The van der Waals surface area contributed by atoms with E-state index in [2.05, 4.69) is 19.2 Å². The van der Waals surface area contributed by atoms with Crippen LogP contribution in [0.25, 0.3) is 0 Å². The average Bonchev–Trinajstić information content (AvgIpc) is 2.48. The molecule has 3 heteroatoms. The molecular weight excluding hydrogens is 260 g/mol. The highest BCUT2D eigenvalue weighted by molar-refractivity contribution is 5.83. The molecule has 21 heavy (non-hydrogen) atoms. The summed E-state index contributed by atoms with van der Waals surface area (Å²) in [5.41, 5.74) is 1.04. The second-order valence-corrected chi connectivity index (χ2v) is 5.94. The molecule has 1 N–H and O–H groups in total. The van der Waals surface area contributed by atoms with E-state index in [-0.39, 0.29) is 11.9 Å². The minimum atomic E-state index is -0.213. The number of likely N-dealkylation sites (N-methyl/N-ethyl adjacent to an activating group) is 1. The van der Waals surface area contributed by atoms with Crippen LogP contribution in [0.2, 0.25) is 0 Å². The van der Waals surface area contributed by atoms with Gasteiger partial charge in [0.1, 0.15) is 6.04 Å². The van der Waals surface area contributed by atoms with E-state index in [1.807, 2.05) is 49.3 Å². The minimum absolute atomic E-state index is 0.0983. The summed E-state index contributed by atoms with van der Waals surface area (Å²) >= 11 is 0. The van der Waals surface area contributed by atoms with Gasteiger partial charge in [-0.3, -0.25) is 9.69 Å². The summed E-state index contributed by atoms with van der Waals surface area (Å²) in [6.07, 6.45) is 4.78. The standard InChI is InChI=1S/C18H30N2O/c1-5-7-11-15(6-2)14-19-18(21)17(20(3)4)16-12-9-8-10-13-16/h8-10,12-13,15,17H,5-7,11,14H2,1-4H3,(H,19,21)/t15-,17+/m1/s1. The number of unbranched alkanes of at least 4 members (excludes halogenated alkanes) is 1. The lowest BCUT2D eigenvalue weighted by molar-refractivity contribution is -0.126. The normalized spacial score (nSPS) is 14.0. The Morgan fingerprint density at radius 1 is 1.19 bits per heavy atom. The first-order chi connectivity index (χ1) is 10.1. The Balaban J connectivity index is 2.62. The topological polar surface area (TPSA) is 32.3 Å². The molecule has 0 saturated carbocycles. The summed E-state index contributed by atoms with van der Waals surface area (Å²) in [7, 11) is 3.90. The van der Waals surface area contributed by atoms with Gasteiger partial charge in [0.2, 0.25) is 5.91 Å². The number of carbonyl (C=O) groups is 1. The van der Waals surface area contributed by atoms with Gasteiger partial charge in [-0.25, -0.2) is 0 Å². The summed E-state index contributed by atoms with van der Waals surface area (Å²) < 4.78 is 0. The maximum absolute atomic E-state index is 12.5. The van der Waals surface area contributed by atoms with Crippen LogP contribution in [-0.4, -0.2) is 31.4 Å². The van der Waals surface area contributed by atoms with E-state index in [0.717, 1.165) is 18.5 Å². The van der Waals surface area contributed by atoms with Crippen LogP contribution in [0.5, 0.6) is 0 Å². The van der Waals surface area contributed by atoms with Gasteiger partial charge in [-0.05, 0) is 32.0 Å². The largest absolute Gasteiger partial charge is 0.354 e. The van der Waals surface area contributed by atoms with E-state index in [4.69, 9.17) is 0 Å². The van der Waals surface area contributed by atoms with Gasteiger partial charge < -0.3 is 5.32 Å². The van der Waals surface area contributed by atoms with E-state index in [1.54, 1.807) is 0 Å². The van der Waals surface area contributed by atoms with Crippen LogP contribution in [0, 0.1) is 5.92 Å². The lowest BCUT2D eigenvalue weighted by atomic mass is 9.99. The summed E-state index contributed by atoms with van der Waals surface area (Å²) in [6, 6.07) is 9.75. The molecule has 0 saturated heterocycles. The minimum Gasteiger partial charge on any atom is -0.354 e. The molecule has 0 aliphatic carbocycles. The summed E-state index contributed by atoms with van der Waals surface area (Å²) in [5, 5.41) is 3.14. The fourth-order valence-electron chi connectivity index (χ4n) is 2.60. The second kappa shape index (κ2) is 9.56. The first-order valence-corrected chi connectivity index (χ1v) is 8.09. The molecule has 0 radical (unpaired) electrons. The van der Waals surface area contributed by atoms with Crippen LogP contribution in [0.15, 0.2) is 30.3 Å². The molecular formula is C18H30N2O. The van der Waals surface area contributed by atoms with Crippen LogP contribution in [0.3, 0.4) is 0 Å². The van der Waals surface area contributed by atoms with Gasteiger partial charge in [0.05, 0.1) is 0 Å². The van der Waals surface area contributed by atoms with Crippen molar-refractivity contribution in [3.63, 3.8) is 0 Å². The summed E-state index contributed by atoms with van der Waals surface area (Å²) in [6.45, 7) is 5.20. The van der Waals surface area contributed by atoms with Crippen LogP contribution < -0.4 is 5.32 Å². The molecule has 0 aliphatic rings. The molecule has 0 heterocycles. The Morgan fingerprint density at radius 3 is 2.38 bits per heavy atom. The van der Waals surface area contributed by atoms with Crippen LogP contribution in [-0.2, 0) is 4.79 Å². The van der Waals surface area contributed by atoms with Crippen molar-refractivity contribution in [2.24, 2.45) is 5.92 Å². The number of nitrogens with one attached hydrogen (secondary N) is 1. The molecule has 3 nitrogen and oxygen atoms in total. The molecule has 118 valence electrons. The summed E-state index contributed by atoms with van der Waals surface area (Å²) in [4.78, 5) is 14.5. The molecule has 0 fully saturated rings. The lowest BCUT2D eigenvalue weighted by Gasteiger charge is -2.25. The predicted octanol–water partition coefficient (Wildman–Crippen LogP) is 3.62. The Hall–Kier alpha value is -1.35. The van der Waals surface area contributed by atoms with Gasteiger partial charge in [0.25, 0.3) is 0 Å². The molecule has 0 unspecified atom stereocenters. The predicted molar refractivity (Wildman–Crippen MR) is 89.2 cm³/mol. The third kappa shape index (κ3) is 5.88. The van der Waals surface area contributed by atoms with E-state index in [0.29, 0.717) is 5.92 Å². The van der Waals surface area contributed by atoms with Gasteiger partial charge in [0, 0.05) is 6.54 Å². The maximum atomic E-state index is 12.5. The van der Waals surface area contributed by atoms with Gasteiger partial charge in [0.15, 0.2) is 0 Å². The number of amides is 1. The van der Waals surface area contributed by atoms with Crippen molar-refractivity contribution in [1.82, 2.24) is 10.2 Å². The number of benzene rings is 1. The van der Waals surface area contributed by atoms with Gasteiger partial charge in [-0.2, -0.15) is 0 Å². The van der Waals surface area contributed by atoms with Crippen molar-refractivity contribution in [2.75, 3.05) is 20.6 Å². The highest BCUT2D eigenvalue weighted by Gasteiger charge is 2.22. The number of hydrogen-bond acceptors (Lipinski definition) is 2. The fraction of sp³-hybridized carbons (Fsp3) is 0.611. The first-order valence-electron chi connectivity index (χ1n) is 8.09. The van der Waals surface area contributed by atoms with E-state index in [9.17, 15) is 4.79 Å². The Bertz CT molecular complexity index is 403. The van der Waals surface area contributed by atoms with Crippen LogP contribution in [0.4, 0.5) is 0 Å². The third-order valence-corrected chi connectivity index (χ3v) is 3.99. The number of nitrogens with zero attached hydrogens (tertiary/aromatic N) is 1. The molecule has 1 aromatic rings. The van der Waals surface area contributed by atoms with E-state index >= 15 is 0 Å². The zero-order valence-electron chi connectivity index (χ0n) is 13.9. The van der Waals surface area contributed by atoms with Crippen molar-refractivity contribution in [1.29, 1.82) is 0 Å². The van der Waals surface area contributed by atoms with Gasteiger partial charge >= 0.3 is 0 Å².